The lowest BCUT2D eigenvalue weighted by Crippen LogP contribution is -2.51. The summed E-state index contributed by atoms with van der Waals surface area (Å²) in [4.78, 5) is 0. The number of nitrogens with one attached hydrogen (secondary N) is 2. The number of H-pyrrole nitrogens is 1. The molecular formula is C16H25N11O3. The number of hydrogen-bond acceptors (Lipinski definition) is 11. The summed E-state index contributed by atoms with van der Waals surface area (Å²) >= 11 is 0. The van der Waals surface area contributed by atoms with E-state index in [4.69, 9.17) is 20.9 Å². The van der Waals surface area contributed by atoms with Crippen LogP contribution in [0.25, 0.3) is 5.65 Å². The van der Waals surface area contributed by atoms with Crippen LogP contribution in [0.15, 0.2) is 5.10 Å². The summed E-state index contributed by atoms with van der Waals surface area (Å²) in [6.45, 7) is 4.78. The predicted molar refractivity (Wildman–Crippen MR) is 106 cm³/mol. The van der Waals surface area contributed by atoms with Gasteiger partial charge in [0.05, 0.1) is 19.8 Å². The number of aliphatic hydroxyl groups is 1. The molecule has 1 aliphatic rings. The van der Waals surface area contributed by atoms with Crippen LogP contribution in [0.4, 0.5) is 5.69 Å². The Bertz CT molecular complexity index is 1070. The van der Waals surface area contributed by atoms with Gasteiger partial charge in [0.2, 0.25) is 23.0 Å². The molecule has 1 unspecified atom stereocenters. The zero-order valence-corrected chi connectivity index (χ0v) is 16.8. The number of aromatic nitrogens is 7. The molecule has 0 bridgehead atoms. The van der Waals surface area contributed by atoms with Crippen LogP contribution in [0.3, 0.4) is 0 Å². The van der Waals surface area contributed by atoms with Gasteiger partial charge in [0.25, 0.3) is 5.90 Å². The van der Waals surface area contributed by atoms with Gasteiger partial charge >= 0.3 is 0 Å². The quantitative estimate of drug-likeness (QED) is 0.255. The highest BCUT2D eigenvalue weighted by atomic mass is 16.5. The molecule has 0 fully saturated rings. The monoisotopic (exact) mass is 419 g/mol. The first-order valence-corrected chi connectivity index (χ1v) is 9.71. The third-order valence-corrected chi connectivity index (χ3v) is 4.58. The molecule has 4 rings (SSSR count). The van der Waals surface area contributed by atoms with E-state index in [1.54, 1.807) is 4.52 Å². The minimum Gasteiger partial charge on any atom is -0.477 e. The fourth-order valence-electron chi connectivity index (χ4n) is 3.28. The van der Waals surface area contributed by atoms with Crippen molar-refractivity contribution < 1.29 is 14.6 Å². The second-order valence-electron chi connectivity index (χ2n) is 6.56. The van der Waals surface area contributed by atoms with E-state index >= 15 is 0 Å². The Morgan fingerprint density at radius 2 is 1.87 bits per heavy atom. The number of hydrogen-bond donors (Lipinski definition) is 5. The highest BCUT2D eigenvalue weighted by molar-refractivity contribution is 5.93. The van der Waals surface area contributed by atoms with E-state index in [2.05, 4.69) is 35.9 Å². The summed E-state index contributed by atoms with van der Waals surface area (Å²) in [5, 5.41) is 36.7. The third-order valence-electron chi connectivity index (χ3n) is 4.58. The molecule has 14 nitrogen and oxygen atoms in total. The molecule has 0 spiro atoms. The number of aliphatic hydroxyl groups excluding tert-OH is 1. The zero-order chi connectivity index (χ0) is 21.3. The van der Waals surface area contributed by atoms with Crippen molar-refractivity contribution in [3.05, 3.63) is 17.5 Å². The van der Waals surface area contributed by atoms with Gasteiger partial charge in [0.1, 0.15) is 5.69 Å². The number of fused-ring (bicyclic) bond motifs is 2. The molecule has 4 heterocycles. The van der Waals surface area contributed by atoms with Crippen LogP contribution in [-0.2, 0) is 23.2 Å². The Morgan fingerprint density at radius 1 is 1.10 bits per heavy atom. The SMILES string of the molecule is CCOC1=Nn2c(CCO)nnc2C1(N)Nc1c(OCC)[nH]n2c(CCN)nnc12. The number of nitrogens with zero attached hydrogens (tertiary/aromatic N) is 7. The summed E-state index contributed by atoms with van der Waals surface area (Å²) < 4.78 is 14.6. The molecule has 3 aromatic rings. The van der Waals surface area contributed by atoms with Crippen molar-refractivity contribution in [2.75, 3.05) is 31.7 Å². The van der Waals surface area contributed by atoms with Gasteiger partial charge in [0.15, 0.2) is 11.6 Å². The van der Waals surface area contributed by atoms with Crippen LogP contribution in [0.2, 0.25) is 0 Å². The topological polar surface area (TPSA) is 192 Å². The van der Waals surface area contributed by atoms with Gasteiger partial charge in [-0.2, -0.15) is 4.68 Å². The van der Waals surface area contributed by atoms with Gasteiger partial charge in [-0.05, 0) is 20.4 Å². The highest BCUT2D eigenvalue weighted by Gasteiger charge is 2.48. The summed E-state index contributed by atoms with van der Waals surface area (Å²) in [5.41, 5.74) is 11.9. The number of nitrogens with two attached hydrogens (primary N) is 2. The molecule has 30 heavy (non-hydrogen) atoms. The molecule has 7 N–H and O–H groups in total. The van der Waals surface area contributed by atoms with Crippen LogP contribution in [0, 0.1) is 0 Å². The van der Waals surface area contributed by atoms with E-state index in [0.717, 1.165) is 0 Å². The molecule has 1 aliphatic heterocycles. The Hall–Kier alpha value is -3.23. The maximum atomic E-state index is 9.28. The van der Waals surface area contributed by atoms with E-state index in [-0.39, 0.29) is 18.9 Å². The number of anilines is 1. The number of rotatable bonds is 9. The molecule has 0 saturated carbocycles. The van der Waals surface area contributed by atoms with Crippen molar-refractivity contribution >= 4 is 17.2 Å². The van der Waals surface area contributed by atoms with Gasteiger partial charge in [-0.1, -0.05) is 0 Å². The number of aromatic amines is 1. The van der Waals surface area contributed by atoms with Crippen molar-refractivity contribution in [1.29, 1.82) is 0 Å². The Balaban J connectivity index is 1.80. The van der Waals surface area contributed by atoms with Crippen LogP contribution in [0.5, 0.6) is 5.88 Å². The minimum absolute atomic E-state index is 0.0980. The third kappa shape index (κ3) is 3.05. The lowest BCUT2D eigenvalue weighted by atomic mass is 10.1. The summed E-state index contributed by atoms with van der Waals surface area (Å²) in [7, 11) is 0. The average Bonchev–Trinajstić information content (AvgIpc) is 3.44. The number of ether oxygens (including phenoxy) is 2. The second kappa shape index (κ2) is 7.89. The molecule has 0 aliphatic carbocycles. The van der Waals surface area contributed by atoms with E-state index in [1.165, 1.54) is 4.68 Å². The van der Waals surface area contributed by atoms with Crippen molar-refractivity contribution in [2.45, 2.75) is 32.4 Å². The Morgan fingerprint density at radius 3 is 2.57 bits per heavy atom. The summed E-state index contributed by atoms with van der Waals surface area (Å²) in [6.07, 6.45) is 0.808. The van der Waals surface area contributed by atoms with Gasteiger partial charge in [-0.15, -0.1) is 25.5 Å². The molecule has 3 aromatic heterocycles. The van der Waals surface area contributed by atoms with E-state index < -0.39 is 5.66 Å². The van der Waals surface area contributed by atoms with Crippen molar-refractivity contribution in [2.24, 2.45) is 16.6 Å². The van der Waals surface area contributed by atoms with Crippen molar-refractivity contribution in [3.63, 3.8) is 0 Å². The molecule has 14 heteroatoms. The van der Waals surface area contributed by atoms with Crippen molar-refractivity contribution in [1.82, 2.24) is 34.7 Å². The van der Waals surface area contributed by atoms with E-state index in [9.17, 15) is 5.11 Å². The molecular weight excluding hydrogens is 394 g/mol. The van der Waals surface area contributed by atoms with Gasteiger partial charge < -0.3 is 25.6 Å². The lowest BCUT2D eigenvalue weighted by Gasteiger charge is -2.25. The highest BCUT2D eigenvalue weighted by Crippen LogP contribution is 2.35. The summed E-state index contributed by atoms with van der Waals surface area (Å²) in [6, 6.07) is 0. The molecule has 0 aromatic carbocycles. The smallest absolute Gasteiger partial charge is 0.256 e. The Kier molecular flexibility index (Phi) is 5.27. The van der Waals surface area contributed by atoms with E-state index in [0.29, 0.717) is 60.9 Å². The molecule has 0 saturated heterocycles. The molecule has 0 amide bonds. The molecule has 1 atom stereocenters. The fraction of sp³-hybridized carbons (Fsp3) is 0.562. The maximum absolute atomic E-state index is 9.28. The lowest BCUT2D eigenvalue weighted by molar-refractivity contribution is 0.293. The molecule has 162 valence electrons. The fourth-order valence-corrected chi connectivity index (χ4v) is 3.28. The van der Waals surface area contributed by atoms with Crippen LogP contribution in [0.1, 0.15) is 31.3 Å². The first kappa shape index (κ1) is 20.1. The van der Waals surface area contributed by atoms with Crippen LogP contribution in [-0.4, -0.2) is 72.1 Å². The first-order valence-electron chi connectivity index (χ1n) is 9.71. The van der Waals surface area contributed by atoms with Crippen LogP contribution < -0.4 is 21.5 Å². The molecule has 0 radical (unpaired) electrons. The zero-order valence-electron chi connectivity index (χ0n) is 16.8. The van der Waals surface area contributed by atoms with Gasteiger partial charge in [-0.3, -0.25) is 10.8 Å². The van der Waals surface area contributed by atoms with Crippen molar-refractivity contribution in [3.8, 4) is 5.88 Å². The minimum atomic E-state index is -1.44. The van der Waals surface area contributed by atoms with Crippen LogP contribution >= 0.6 is 0 Å². The van der Waals surface area contributed by atoms with Gasteiger partial charge in [0, 0.05) is 12.8 Å². The Labute approximate surface area is 171 Å². The normalized spacial score (nSPS) is 18.0. The standard InChI is InChI=1S/C16H25N11O3/c1-3-29-13-11(12-22-20-9(5-7-17)26(12)24-13)19-16(18)14-23-21-10(6-8-28)27(14)25-15(16)30-4-2/h19,24,28H,3-8,17-18H2,1-2H3. The van der Waals surface area contributed by atoms with Gasteiger partial charge in [-0.25, -0.2) is 4.52 Å². The largest absolute Gasteiger partial charge is 0.477 e. The second-order valence-corrected chi connectivity index (χ2v) is 6.56. The first-order chi connectivity index (χ1) is 14.6. The van der Waals surface area contributed by atoms with E-state index in [1.807, 2.05) is 13.8 Å². The summed E-state index contributed by atoms with van der Waals surface area (Å²) in [5.74, 6) is 2.08. The average molecular weight is 419 g/mol. The predicted octanol–water partition coefficient (Wildman–Crippen LogP) is -1.48. The maximum Gasteiger partial charge on any atom is 0.256 e.